The Kier molecular flexibility index (Phi) is 5.20. The molecule has 4 N–H and O–H groups in total. The third-order valence-electron chi connectivity index (χ3n) is 3.09. The van der Waals surface area contributed by atoms with Gasteiger partial charge >= 0.3 is 12.1 Å². The number of fused-ring (bicyclic) bond motifs is 1. The van der Waals surface area contributed by atoms with Crippen molar-refractivity contribution < 1.29 is 23.1 Å². The highest BCUT2D eigenvalue weighted by Gasteiger charge is 2.38. The standard InChI is InChI=1S/C14H13N3.C2HF3O2/c15-9-10-5-7-11(8-6-10)14-16-12-3-1-2-4-13(12)17-14;3-2(4,5)1(6)7/h1-8H,9,15H2,(H,16,17);(H,6,7). The summed E-state index contributed by atoms with van der Waals surface area (Å²) in [6.07, 6.45) is -5.08. The minimum Gasteiger partial charge on any atom is -0.475 e. The van der Waals surface area contributed by atoms with Crippen molar-refractivity contribution in [1.29, 1.82) is 0 Å². The molecule has 0 atom stereocenters. The molecule has 0 unspecified atom stereocenters. The number of rotatable bonds is 2. The van der Waals surface area contributed by atoms with Crippen molar-refractivity contribution in [2.75, 3.05) is 0 Å². The zero-order chi connectivity index (χ0) is 17.7. The van der Waals surface area contributed by atoms with Crippen molar-refractivity contribution in [3.05, 3.63) is 54.1 Å². The van der Waals surface area contributed by atoms with Gasteiger partial charge in [0.15, 0.2) is 0 Å². The maximum absolute atomic E-state index is 10.6. The third-order valence-corrected chi connectivity index (χ3v) is 3.09. The number of hydrogen-bond acceptors (Lipinski definition) is 3. The summed E-state index contributed by atoms with van der Waals surface area (Å²) >= 11 is 0. The molecule has 0 aliphatic carbocycles. The van der Waals surface area contributed by atoms with Crippen molar-refractivity contribution in [1.82, 2.24) is 9.97 Å². The first kappa shape index (κ1) is 17.5. The van der Waals surface area contributed by atoms with Crippen molar-refractivity contribution >= 4 is 17.0 Å². The molecule has 0 amide bonds. The largest absolute Gasteiger partial charge is 0.490 e. The molecule has 1 aromatic heterocycles. The summed E-state index contributed by atoms with van der Waals surface area (Å²) in [5.41, 5.74) is 9.84. The van der Waals surface area contributed by atoms with Gasteiger partial charge in [-0.3, -0.25) is 0 Å². The van der Waals surface area contributed by atoms with Crippen LogP contribution in [0.25, 0.3) is 22.4 Å². The number of carboxylic acids is 1. The van der Waals surface area contributed by atoms with E-state index < -0.39 is 12.1 Å². The fraction of sp³-hybridized carbons (Fsp3) is 0.125. The number of halogens is 3. The van der Waals surface area contributed by atoms with Crippen LogP contribution in [-0.4, -0.2) is 27.2 Å². The van der Waals surface area contributed by atoms with Gasteiger partial charge in [0.05, 0.1) is 11.0 Å². The van der Waals surface area contributed by atoms with Crippen molar-refractivity contribution in [2.45, 2.75) is 12.7 Å². The fourth-order valence-electron chi connectivity index (χ4n) is 1.89. The van der Waals surface area contributed by atoms with E-state index in [9.17, 15) is 13.2 Å². The predicted molar refractivity (Wildman–Crippen MR) is 83.1 cm³/mol. The molecule has 3 aromatic rings. The van der Waals surface area contributed by atoms with E-state index in [2.05, 4.69) is 9.97 Å². The Morgan fingerprint density at radius 1 is 1.12 bits per heavy atom. The van der Waals surface area contributed by atoms with E-state index in [4.69, 9.17) is 15.6 Å². The van der Waals surface area contributed by atoms with Crippen LogP contribution in [0.4, 0.5) is 13.2 Å². The number of aromatic nitrogens is 2. The van der Waals surface area contributed by atoms with Gasteiger partial charge in [-0.25, -0.2) is 9.78 Å². The van der Waals surface area contributed by atoms with E-state index in [1.807, 2.05) is 48.5 Å². The van der Waals surface area contributed by atoms with Crippen molar-refractivity contribution in [3.8, 4) is 11.4 Å². The van der Waals surface area contributed by atoms with Gasteiger partial charge in [0.1, 0.15) is 5.82 Å². The number of nitrogens with one attached hydrogen (secondary N) is 1. The van der Waals surface area contributed by atoms with E-state index in [0.717, 1.165) is 28.0 Å². The normalized spacial score (nSPS) is 11.0. The second-order valence-electron chi connectivity index (χ2n) is 4.81. The van der Waals surface area contributed by atoms with Gasteiger partial charge in [-0.2, -0.15) is 13.2 Å². The zero-order valence-corrected chi connectivity index (χ0v) is 12.3. The maximum Gasteiger partial charge on any atom is 0.490 e. The molecule has 126 valence electrons. The number of nitrogens with two attached hydrogens (primary N) is 1. The Labute approximate surface area is 134 Å². The van der Waals surface area contributed by atoms with Gasteiger partial charge in [-0.15, -0.1) is 0 Å². The summed E-state index contributed by atoms with van der Waals surface area (Å²) in [6.45, 7) is 0.570. The van der Waals surface area contributed by atoms with Gasteiger partial charge in [-0.1, -0.05) is 36.4 Å². The number of carbonyl (C=O) groups is 1. The molecule has 0 spiro atoms. The van der Waals surface area contributed by atoms with Gasteiger partial charge in [0, 0.05) is 12.1 Å². The molecule has 0 fully saturated rings. The third kappa shape index (κ3) is 4.32. The smallest absolute Gasteiger partial charge is 0.475 e. The Morgan fingerprint density at radius 3 is 2.21 bits per heavy atom. The van der Waals surface area contributed by atoms with Crippen LogP contribution in [0.5, 0.6) is 0 Å². The van der Waals surface area contributed by atoms with Gasteiger partial charge in [0.25, 0.3) is 0 Å². The van der Waals surface area contributed by atoms with Gasteiger partial charge in [0.2, 0.25) is 0 Å². The number of nitrogens with zero attached hydrogens (tertiary/aromatic N) is 1. The van der Waals surface area contributed by atoms with Gasteiger partial charge in [-0.05, 0) is 17.7 Å². The Balaban J connectivity index is 0.000000256. The number of aromatic amines is 1. The first-order chi connectivity index (χ1) is 11.3. The van der Waals surface area contributed by atoms with Crippen molar-refractivity contribution in [2.24, 2.45) is 5.73 Å². The van der Waals surface area contributed by atoms with Crippen molar-refractivity contribution in [3.63, 3.8) is 0 Å². The number of aliphatic carboxylic acids is 1. The Morgan fingerprint density at radius 2 is 1.71 bits per heavy atom. The van der Waals surface area contributed by atoms with Crippen LogP contribution in [0.2, 0.25) is 0 Å². The number of para-hydroxylation sites is 2. The number of benzene rings is 2. The SMILES string of the molecule is NCc1ccc(-c2nc3ccccc3[nH]2)cc1.O=C(O)C(F)(F)F. The quantitative estimate of drug-likeness (QED) is 0.669. The molecule has 0 saturated carbocycles. The monoisotopic (exact) mass is 337 g/mol. The fourth-order valence-corrected chi connectivity index (χ4v) is 1.89. The van der Waals surface area contributed by atoms with Crippen LogP contribution in [-0.2, 0) is 11.3 Å². The molecular formula is C16H14F3N3O2. The highest BCUT2D eigenvalue weighted by molar-refractivity contribution is 5.79. The molecule has 0 aliphatic rings. The summed E-state index contributed by atoms with van der Waals surface area (Å²) < 4.78 is 31.7. The predicted octanol–water partition coefficient (Wildman–Crippen LogP) is 3.32. The summed E-state index contributed by atoms with van der Waals surface area (Å²) in [5, 5.41) is 7.12. The van der Waals surface area contributed by atoms with Crippen LogP contribution in [0, 0.1) is 0 Å². The van der Waals surface area contributed by atoms with Crippen LogP contribution in [0.3, 0.4) is 0 Å². The summed E-state index contributed by atoms with van der Waals surface area (Å²) in [6, 6.07) is 16.2. The maximum atomic E-state index is 10.6. The molecule has 0 bridgehead atoms. The van der Waals surface area contributed by atoms with E-state index in [0.29, 0.717) is 6.54 Å². The topological polar surface area (TPSA) is 92.0 Å². The number of carboxylic acid groups (broad SMARTS) is 1. The Hall–Kier alpha value is -2.87. The van der Waals surface area contributed by atoms with Crippen LogP contribution in [0.15, 0.2) is 48.5 Å². The van der Waals surface area contributed by atoms with Crippen LogP contribution in [0.1, 0.15) is 5.56 Å². The lowest BCUT2D eigenvalue weighted by atomic mass is 10.1. The Bertz CT molecular complexity index is 793. The molecule has 8 heteroatoms. The lowest BCUT2D eigenvalue weighted by molar-refractivity contribution is -0.192. The molecule has 2 aromatic carbocycles. The number of imidazole rings is 1. The van der Waals surface area contributed by atoms with Gasteiger partial charge < -0.3 is 15.8 Å². The van der Waals surface area contributed by atoms with Crippen LogP contribution >= 0.6 is 0 Å². The highest BCUT2D eigenvalue weighted by Crippen LogP contribution is 2.20. The van der Waals surface area contributed by atoms with Crippen LogP contribution < -0.4 is 5.73 Å². The minimum absolute atomic E-state index is 0.570. The second-order valence-corrected chi connectivity index (χ2v) is 4.81. The van der Waals surface area contributed by atoms with E-state index in [-0.39, 0.29) is 0 Å². The molecule has 3 rings (SSSR count). The lowest BCUT2D eigenvalue weighted by Gasteiger charge is -1.98. The first-order valence-electron chi connectivity index (χ1n) is 6.85. The lowest BCUT2D eigenvalue weighted by Crippen LogP contribution is -2.21. The minimum atomic E-state index is -5.08. The average Bonchev–Trinajstić information content (AvgIpc) is 2.98. The molecule has 0 saturated heterocycles. The van der Waals surface area contributed by atoms with E-state index in [1.165, 1.54) is 0 Å². The molecule has 5 nitrogen and oxygen atoms in total. The van der Waals surface area contributed by atoms with E-state index >= 15 is 0 Å². The number of hydrogen-bond donors (Lipinski definition) is 3. The number of H-pyrrole nitrogens is 1. The number of alkyl halides is 3. The molecule has 0 aliphatic heterocycles. The molecule has 0 radical (unpaired) electrons. The van der Waals surface area contributed by atoms with E-state index in [1.54, 1.807) is 0 Å². The summed E-state index contributed by atoms with van der Waals surface area (Å²) in [5.74, 6) is -1.86. The summed E-state index contributed by atoms with van der Waals surface area (Å²) in [4.78, 5) is 16.8. The second kappa shape index (κ2) is 7.14. The average molecular weight is 337 g/mol. The molecule has 24 heavy (non-hydrogen) atoms. The zero-order valence-electron chi connectivity index (χ0n) is 12.3. The highest BCUT2D eigenvalue weighted by atomic mass is 19.4. The first-order valence-corrected chi connectivity index (χ1v) is 6.85. The molecular weight excluding hydrogens is 323 g/mol. The molecule has 1 heterocycles. The summed E-state index contributed by atoms with van der Waals surface area (Å²) in [7, 11) is 0.